The number of rotatable bonds is 8. The first kappa shape index (κ1) is 23.0. The number of anilines is 1. The van der Waals surface area contributed by atoms with Crippen molar-refractivity contribution in [1.29, 1.82) is 0 Å². The summed E-state index contributed by atoms with van der Waals surface area (Å²) in [6.07, 6.45) is 0.891. The van der Waals surface area contributed by atoms with Crippen LogP contribution in [0.5, 0.6) is 5.75 Å². The molecule has 2 aromatic carbocycles. The number of carbonyl (C=O) groups excluding carboxylic acids is 2. The maximum absolute atomic E-state index is 12.8. The number of nitrogens with zero attached hydrogens (tertiary/aromatic N) is 2. The minimum Gasteiger partial charge on any atom is -0.479 e. The molecule has 1 atom stereocenters. The third kappa shape index (κ3) is 5.60. The largest absolute Gasteiger partial charge is 0.479 e. The molecule has 1 amide bonds. The van der Waals surface area contributed by atoms with Crippen molar-refractivity contribution in [2.24, 2.45) is 5.92 Å². The van der Waals surface area contributed by atoms with Gasteiger partial charge in [0.25, 0.3) is 5.91 Å². The molecule has 1 unspecified atom stereocenters. The van der Waals surface area contributed by atoms with E-state index in [0.29, 0.717) is 24.0 Å². The number of benzene rings is 2. The predicted octanol–water partition coefficient (Wildman–Crippen LogP) is 5.10. The fourth-order valence-electron chi connectivity index (χ4n) is 3.61. The second kappa shape index (κ2) is 10.2. The number of esters is 1. The highest BCUT2D eigenvalue weighted by atomic mass is 32.1. The van der Waals surface area contributed by atoms with Crippen molar-refractivity contribution in [2.75, 3.05) is 18.1 Å². The lowest BCUT2D eigenvalue weighted by molar-refractivity contribution is -0.143. The highest BCUT2D eigenvalue weighted by Gasteiger charge is 2.33. The molecule has 0 radical (unpaired) electrons. The normalized spacial score (nSPS) is 15.3. The average Bonchev–Trinajstić information content (AvgIpc) is 3.25. The van der Waals surface area contributed by atoms with Crippen LogP contribution in [-0.2, 0) is 20.7 Å². The molecule has 0 fully saturated rings. The molecule has 0 N–H and O–H groups in total. The fourth-order valence-corrected chi connectivity index (χ4v) is 4.45. The quantitative estimate of drug-likeness (QED) is 0.434. The van der Waals surface area contributed by atoms with E-state index < -0.39 is 12.1 Å². The van der Waals surface area contributed by atoms with Gasteiger partial charge in [0.15, 0.2) is 6.10 Å². The Bertz CT molecular complexity index is 1130. The smallest absolute Gasteiger partial charge is 0.326 e. The SMILES string of the molecule is CC(C)CCOC(=O)CN1C(=O)C(C)Oc2ccc(-c3csc(Cc4ccccc4)n3)cc21. The van der Waals surface area contributed by atoms with Gasteiger partial charge >= 0.3 is 5.97 Å². The van der Waals surface area contributed by atoms with E-state index in [1.807, 2.05) is 41.8 Å². The molecule has 4 rings (SSSR count). The number of ether oxygens (including phenoxy) is 2. The summed E-state index contributed by atoms with van der Waals surface area (Å²) in [5.41, 5.74) is 3.47. The van der Waals surface area contributed by atoms with E-state index in [1.165, 1.54) is 10.5 Å². The van der Waals surface area contributed by atoms with Gasteiger partial charge in [0, 0.05) is 17.4 Å². The Morgan fingerprint density at radius 1 is 1.21 bits per heavy atom. The third-order valence-corrected chi connectivity index (χ3v) is 6.31. The maximum Gasteiger partial charge on any atom is 0.326 e. The van der Waals surface area contributed by atoms with Gasteiger partial charge < -0.3 is 9.47 Å². The molecule has 0 bridgehead atoms. The van der Waals surface area contributed by atoms with Gasteiger partial charge in [-0.1, -0.05) is 44.2 Å². The number of thiazole rings is 1. The van der Waals surface area contributed by atoms with Crippen molar-refractivity contribution >= 4 is 28.9 Å². The lowest BCUT2D eigenvalue weighted by Gasteiger charge is -2.32. The summed E-state index contributed by atoms with van der Waals surface area (Å²) in [5.74, 6) is 0.327. The summed E-state index contributed by atoms with van der Waals surface area (Å²) in [6, 6.07) is 15.8. The third-order valence-electron chi connectivity index (χ3n) is 5.46. The van der Waals surface area contributed by atoms with E-state index in [-0.39, 0.29) is 12.5 Å². The van der Waals surface area contributed by atoms with E-state index in [4.69, 9.17) is 14.5 Å². The highest BCUT2D eigenvalue weighted by Crippen LogP contribution is 2.38. The fraction of sp³-hybridized carbons (Fsp3) is 0.346. The molecule has 1 aromatic heterocycles. The predicted molar refractivity (Wildman–Crippen MR) is 130 cm³/mol. The summed E-state index contributed by atoms with van der Waals surface area (Å²) in [6.45, 7) is 6.04. The molecule has 6 nitrogen and oxygen atoms in total. The monoisotopic (exact) mass is 464 g/mol. The number of fused-ring (bicyclic) bond motifs is 1. The Morgan fingerprint density at radius 2 is 2.00 bits per heavy atom. The van der Waals surface area contributed by atoms with Crippen molar-refractivity contribution in [1.82, 2.24) is 4.98 Å². The Labute approximate surface area is 198 Å². The zero-order valence-electron chi connectivity index (χ0n) is 19.1. The Kier molecular flexibility index (Phi) is 7.08. The number of aromatic nitrogens is 1. The van der Waals surface area contributed by atoms with Gasteiger partial charge in [-0.15, -0.1) is 11.3 Å². The topological polar surface area (TPSA) is 68.7 Å². The minimum atomic E-state index is -0.663. The van der Waals surface area contributed by atoms with Crippen LogP contribution in [0.15, 0.2) is 53.9 Å². The van der Waals surface area contributed by atoms with Gasteiger partial charge in [-0.05, 0) is 43.0 Å². The van der Waals surface area contributed by atoms with Crippen LogP contribution in [0.25, 0.3) is 11.3 Å². The molecule has 0 aliphatic carbocycles. The van der Waals surface area contributed by atoms with Crippen molar-refractivity contribution in [3.8, 4) is 17.0 Å². The van der Waals surface area contributed by atoms with Crippen LogP contribution in [0.4, 0.5) is 5.69 Å². The van der Waals surface area contributed by atoms with Crippen LogP contribution < -0.4 is 9.64 Å². The molecule has 7 heteroatoms. The molecule has 0 spiro atoms. The molecular formula is C26H28N2O4S. The van der Waals surface area contributed by atoms with Crippen molar-refractivity contribution in [3.05, 3.63) is 64.5 Å². The zero-order chi connectivity index (χ0) is 23.4. The second-order valence-corrected chi connectivity index (χ2v) is 9.50. The van der Waals surface area contributed by atoms with E-state index in [2.05, 4.69) is 26.0 Å². The van der Waals surface area contributed by atoms with E-state index in [9.17, 15) is 9.59 Å². The van der Waals surface area contributed by atoms with Gasteiger partial charge in [-0.3, -0.25) is 14.5 Å². The zero-order valence-corrected chi connectivity index (χ0v) is 19.9. The highest BCUT2D eigenvalue weighted by molar-refractivity contribution is 7.10. The standard InChI is InChI=1S/C26H28N2O4S/c1-17(2)11-12-31-25(29)15-28-22-14-20(9-10-23(22)32-18(3)26(28)30)21-16-33-24(27-21)13-19-7-5-4-6-8-19/h4-10,14,16-18H,11-13,15H2,1-3H3. The molecule has 33 heavy (non-hydrogen) atoms. The summed E-state index contributed by atoms with van der Waals surface area (Å²) < 4.78 is 11.1. The molecule has 0 saturated heterocycles. The lowest BCUT2D eigenvalue weighted by atomic mass is 10.1. The molecule has 1 aliphatic heterocycles. The van der Waals surface area contributed by atoms with Gasteiger partial charge in [-0.25, -0.2) is 4.98 Å². The number of hydrogen-bond acceptors (Lipinski definition) is 6. The van der Waals surface area contributed by atoms with Gasteiger partial charge in [0.2, 0.25) is 0 Å². The van der Waals surface area contributed by atoms with Crippen molar-refractivity contribution in [2.45, 2.75) is 39.7 Å². The van der Waals surface area contributed by atoms with Crippen LogP contribution in [0.2, 0.25) is 0 Å². The summed E-state index contributed by atoms with van der Waals surface area (Å²) in [7, 11) is 0. The van der Waals surface area contributed by atoms with Crippen LogP contribution in [0.1, 0.15) is 37.8 Å². The van der Waals surface area contributed by atoms with Crippen LogP contribution >= 0.6 is 11.3 Å². The number of amides is 1. The van der Waals surface area contributed by atoms with Crippen molar-refractivity contribution < 1.29 is 19.1 Å². The van der Waals surface area contributed by atoms with Gasteiger partial charge in [0.1, 0.15) is 12.3 Å². The first-order chi connectivity index (χ1) is 15.9. The molecular weight excluding hydrogens is 436 g/mol. The number of carbonyl (C=O) groups is 2. The van der Waals surface area contributed by atoms with Crippen LogP contribution in [0, 0.1) is 5.92 Å². The van der Waals surface area contributed by atoms with E-state index >= 15 is 0 Å². The first-order valence-corrected chi connectivity index (χ1v) is 12.0. The Balaban J connectivity index is 1.54. The summed E-state index contributed by atoms with van der Waals surface area (Å²) in [5, 5.41) is 3.03. The van der Waals surface area contributed by atoms with Crippen LogP contribution in [-0.4, -0.2) is 36.1 Å². The van der Waals surface area contributed by atoms with E-state index in [1.54, 1.807) is 18.3 Å². The second-order valence-electron chi connectivity index (χ2n) is 8.56. The molecule has 2 heterocycles. The number of hydrogen-bond donors (Lipinski definition) is 0. The van der Waals surface area contributed by atoms with Crippen molar-refractivity contribution in [3.63, 3.8) is 0 Å². The Morgan fingerprint density at radius 3 is 2.76 bits per heavy atom. The summed E-state index contributed by atoms with van der Waals surface area (Å²) >= 11 is 1.60. The molecule has 3 aromatic rings. The maximum atomic E-state index is 12.8. The lowest BCUT2D eigenvalue weighted by Crippen LogP contribution is -2.47. The first-order valence-electron chi connectivity index (χ1n) is 11.2. The molecule has 0 saturated carbocycles. The molecule has 1 aliphatic rings. The van der Waals surface area contributed by atoms with Gasteiger partial charge in [0.05, 0.1) is 23.0 Å². The van der Waals surface area contributed by atoms with Crippen LogP contribution in [0.3, 0.4) is 0 Å². The van der Waals surface area contributed by atoms with E-state index in [0.717, 1.165) is 29.1 Å². The molecule has 172 valence electrons. The summed E-state index contributed by atoms with van der Waals surface area (Å²) in [4.78, 5) is 31.5. The minimum absolute atomic E-state index is 0.141. The van der Waals surface area contributed by atoms with Gasteiger partial charge in [-0.2, -0.15) is 0 Å². The Hall–Kier alpha value is -3.19. The average molecular weight is 465 g/mol.